The highest BCUT2D eigenvalue weighted by Gasteiger charge is 2.37. The number of aliphatic hydroxyl groups is 2. The van der Waals surface area contributed by atoms with Gasteiger partial charge in [-0.25, -0.2) is 8.42 Å². The molecule has 0 atom stereocenters. The highest BCUT2D eigenvalue weighted by molar-refractivity contribution is 7.89. The lowest BCUT2D eigenvalue weighted by atomic mass is 10.3. The number of nitrogens with zero attached hydrogens (tertiary/aromatic N) is 2. The zero-order valence-electron chi connectivity index (χ0n) is 10.9. The summed E-state index contributed by atoms with van der Waals surface area (Å²) in [5, 5.41) is 17.7. The van der Waals surface area contributed by atoms with E-state index in [0.717, 1.165) is 12.8 Å². The molecule has 1 aliphatic rings. The Kier molecular flexibility index (Phi) is 4.73. The van der Waals surface area contributed by atoms with Gasteiger partial charge in [-0.3, -0.25) is 4.98 Å². The summed E-state index contributed by atoms with van der Waals surface area (Å²) in [7, 11) is -3.67. The molecule has 0 aromatic carbocycles. The van der Waals surface area contributed by atoms with Crippen molar-refractivity contribution in [1.82, 2.24) is 9.29 Å². The first kappa shape index (κ1) is 14.9. The fraction of sp³-hybridized carbons (Fsp3) is 0.462. The van der Waals surface area contributed by atoms with Gasteiger partial charge in [0.05, 0.1) is 6.61 Å². The summed E-state index contributed by atoms with van der Waals surface area (Å²) in [6, 6.07) is 1.40. The Balaban J connectivity index is 2.32. The lowest BCUT2D eigenvalue weighted by Crippen LogP contribution is -2.35. The van der Waals surface area contributed by atoms with Crippen molar-refractivity contribution >= 4 is 10.0 Å². The van der Waals surface area contributed by atoms with Crippen LogP contribution >= 0.6 is 0 Å². The van der Waals surface area contributed by atoms with Gasteiger partial charge in [-0.15, -0.1) is 0 Å². The SMILES string of the molecule is O=S(=O)(c1cncc(C#CCO)c1)N(CCO)C1CC1. The quantitative estimate of drug-likeness (QED) is 0.720. The van der Waals surface area contributed by atoms with Crippen LogP contribution in [-0.4, -0.2) is 53.7 Å². The molecular weight excluding hydrogens is 280 g/mol. The molecule has 1 heterocycles. The summed E-state index contributed by atoms with van der Waals surface area (Å²) in [6.07, 6.45) is 4.34. The average molecular weight is 296 g/mol. The Labute approximate surface area is 118 Å². The Morgan fingerprint density at radius 3 is 2.70 bits per heavy atom. The summed E-state index contributed by atoms with van der Waals surface area (Å²) in [5.74, 6) is 5.08. The number of rotatable bonds is 5. The standard InChI is InChI=1S/C13H16N2O4S/c16-6-1-2-11-8-13(10-14-9-11)20(18,19)15(5-7-17)12-3-4-12/h8-10,12,16-17H,3-7H2. The minimum absolute atomic E-state index is 0.0284. The zero-order valence-corrected chi connectivity index (χ0v) is 11.7. The smallest absolute Gasteiger partial charge is 0.244 e. The van der Waals surface area contributed by atoms with Crippen molar-refractivity contribution in [2.75, 3.05) is 19.8 Å². The number of pyridine rings is 1. The second kappa shape index (κ2) is 6.33. The molecule has 2 rings (SSSR count). The minimum Gasteiger partial charge on any atom is -0.395 e. The maximum absolute atomic E-state index is 12.5. The molecule has 0 bridgehead atoms. The predicted molar refractivity (Wildman–Crippen MR) is 72.2 cm³/mol. The maximum atomic E-state index is 12.5. The topological polar surface area (TPSA) is 90.7 Å². The van der Waals surface area contributed by atoms with Crippen molar-refractivity contribution in [2.45, 2.75) is 23.8 Å². The van der Waals surface area contributed by atoms with Gasteiger partial charge in [-0.1, -0.05) is 11.8 Å². The van der Waals surface area contributed by atoms with E-state index in [-0.39, 0.29) is 30.7 Å². The summed E-state index contributed by atoms with van der Waals surface area (Å²) in [5.41, 5.74) is 0.430. The molecule has 1 aromatic rings. The van der Waals surface area contributed by atoms with Crippen molar-refractivity contribution < 1.29 is 18.6 Å². The number of aromatic nitrogens is 1. The van der Waals surface area contributed by atoms with E-state index in [0.29, 0.717) is 5.56 Å². The van der Waals surface area contributed by atoms with Crippen LogP contribution in [0.4, 0.5) is 0 Å². The number of hydrogen-bond donors (Lipinski definition) is 2. The zero-order chi connectivity index (χ0) is 14.6. The van der Waals surface area contributed by atoms with Crippen LogP contribution in [-0.2, 0) is 10.0 Å². The van der Waals surface area contributed by atoms with E-state index in [1.54, 1.807) is 0 Å². The number of sulfonamides is 1. The summed E-state index contributed by atoms with van der Waals surface area (Å²) in [6.45, 7) is -0.428. The maximum Gasteiger partial charge on any atom is 0.244 e. The molecule has 1 fully saturated rings. The Hall–Kier alpha value is -1.46. The Morgan fingerprint density at radius 2 is 2.10 bits per heavy atom. The summed E-state index contributed by atoms with van der Waals surface area (Å²) >= 11 is 0. The van der Waals surface area contributed by atoms with Crippen LogP contribution in [0.25, 0.3) is 0 Å². The van der Waals surface area contributed by atoms with E-state index in [9.17, 15) is 8.42 Å². The third-order valence-electron chi connectivity index (χ3n) is 2.91. The van der Waals surface area contributed by atoms with Crippen LogP contribution in [0.15, 0.2) is 23.4 Å². The second-order valence-corrected chi connectivity index (χ2v) is 6.33. The third-order valence-corrected chi connectivity index (χ3v) is 4.82. The molecule has 0 saturated heterocycles. The van der Waals surface area contributed by atoms with Crippen molar-refractivity contribution in [2.24, 2.45) is 0 Å². The van der Waals surface area contributed by atoms with Crippen molar-refractivity contribution in [3.8, 4) is 11.8 Å². The van der Waals surface area contributed by atoms with Crippen LogP contribution in [0.5, 0.6) is 0 Å². The van der Waals surface area contributed by atoms with Crippen LogP contribution in [0, 0.1) is 11.8 Å². The van der Waals surface area contributed by atoms with Gasteiger partial charge in [0.25, 0.3) is 0 Å². The van der Waals surface area contributed by atoms with Gasteiger partial charge in [0.15, 0.2) is 0 Å². The van der Waals surface area contributed by atoms with Crippen molar-refractivity contribution in [3.63, 3.8) is 0 Å². The Bertz CT molecular complexity index is 629. The number of aliphatic hydroxyl groups excluding tert-OH is 2. The fourth-order valence-corrected chi connectivity index (χ4v) is 3.53. The van der Waals surface area contributed by atoms with E-state index in [2.05, 4.69) is 16.8 Å². The molecule has 1 aliphatic carbocycles. The van der Waals surface area contributed by atoms with Gasteiger partial charge in [0.1, 0.15) is 11.5 Å². The van der Waals surface area contributed by atoms with Crippen LogP contribution in [0.1, 0.15) is 18.4 Å². The van der Waals surface area contributed by atoms with Gasteiger partial charge in [-0.2, -0.15) is 4.31 Å². The molecule has 1 saturated carbocycles. The molecule has 0 spiro atoms. The molecule has 0 aliphatic heterocycles. The van der Waals surface area contributed by atoms with Gasteiger partial charge in [0, 0.05) is 30.5 Å². The van der Waals surface area contributed by atoms with E-state index in [1.807, 2.05) is 0 Å². The normalized spacial score (nSPS) is 14.9. The average Bonchev–Trinajstić information content (AvgIpc) is 3.27. The first-order chi connectivity index (χ1) is 9.59. The van der Waals surface area contributed by atoms with Gasteiger partial charge in [-0.05, 0) is 18.9 Å². The summed E-state index contributed by atoms with van der Waals surface area (Å²) in [4.78, 5) is 3.93. The van der Waals surface area contributed by atoms with Crippen LogP contribution in [0.3, 0.4) is 0 Å². The lowest BCUT2D eigenvalue weighted by molar-refractivity contribution is 0.250. The highest BCUT2D eigenvalue weighted by atomic mass is 32.2. The minimum atomic E-state index is -3.67. The highest BCUT2D eigenvalue weighted by Crippen LogP contribution is 2.31. The molecule has 20 heavy (non-hydrogen) atoms. The second-order valence-electron chi connectivity index (χ2n) is 4.44. The third kappa shape index (κ3) is 3.35. The molecule has 7 heteroatoms. The molecule has 108 valence electrons. The largest absolute Gasteiger partial charge is 0.395 e. The molecule has 0 radical (unpaired) electrons. The van der Waals surface area contributed by atoms with Gasteiger partial charge >= 0.3 is 0 Å². The van der Waals surface area contributed by atoms with Gasteiger partial charge in [0.2, 0.25) is 10.0 Å². The lowest BCUT2D eigenvalue weighted by Gasteiger charge is -2.20. The molecule has 2 N–H and O–H groups in total. The van der Waals surface area contributed by atoms with Gasteiger partial charge < -0.3 is 10.2 Å². The van der Waals surface area contributed by atoms with E-state index < -0.39 is 10.0 Å². The molecule has 1 aromatic heterocycles. The van der Waals surface area contributed by atoms with Crippen LogP contribution < -0.4 is 0 Å². The van der Waals surface area contributed by atoms with E-state index >= 15 is 0 Å². The van der Waals surface area contributed by atoms with Crippen molar-refractivity contribution in [1.29, 1.82) is 0 Å². The first-order valence-corrected chi connectivity index (χ1v) is 7.71. The number of hydrogen-bond acceptors (Lipinski definition) is 5. The monoisotopic (exact) mass is 296 g/mol. The predicted octanol–water partition coefficient (Wildman–Crippen LogP) is -0.429. The fourth-order valence-electron chi connectivity index (χ4n) is 1.87. The van der Waals surface area contributed by atoms with E-state index in [1.165, 1.54) is 22.8 Å². The summed E-state index contributed by atoms with van der Waals surface area (Å²) < 4.78 is 26.3. The molecular formula is C13H16N2O4S. The molecule has 6 nitrogen and oxygen atoms in total. The van der Waals surface area contributed by atoms with Crippen molar-refractivity contribution in [3.05, 3.63) is 24.0 Å². The van der Waals surface area contributed by atoms with Crippen LogP contribution in [0.2, 0.25) is 0 Å². The molecule has 0 unspecified atom stereocenters. The first-order valence-electron chi connectivity index (χ1n) is 6.27. The molecule has 0 amide bonds. The van der Waals surface area contributed by atoms with E-state index in [4.69, 9.17) is 10.2 Å². The Morgan fingerprint density at radius 1 is 1.35 bits per heavy atom.